The van der Waals surface area contributed by atoms with E-state index in [9.17, 15) is 0 Å². The van der Waals surface area contributed by atoms with Gasteiger partial charge in [-0.1, -0.05) is 19.0 Å². The summed E-state index contributed by atoms with van der Waals surface area (Å²) in [6, 6.07) is 0. The molecule has 1 saturated heterocycles. The summed E-state index contributed by atoms with van der Waals surface area (Å²) in [5.74, 6) is 4.37. The molecule has 0 saturated carbocycles. The summed E-state index contributed by atoms with van der Waals surface area (Å²) in [6.07, 6.45) is 1.84. The van der Waals surface area contributed by atoms with E-state index in [1.54, 1.807) is 0 Å². The van der Waals surface area contributed by atoms with Crippen LogP contribution in [0.1, 0.15) is 38.1 Å². The van der Waals surface area contributed by atoms with Crippen LogP contribution in [0.25, 0.3) is 0 Å². The molecular weight excluding hydrogens is 262 g/mol. The van der Waals surface area contributed by atoms with E-state index < -0.39 is 0 Å². The second-order valence-corrected chi connectivity index (χ2v) is 6.57. The Bertz CT molecular complexity index is 378. The highest BCUT2D eigenvalue weighted by Crippen LogP contribution is 2.25. The van der Waals surface area contributed by atoms with Crippen LogP contribution in [-0.2, 0) is 11.2 Å². The lowest BCUT2D eigenvalue weighted by atomic mass is 9.94. The summed E-state index contributed by atoms with van der Waals surface area (Å²) < 4.78 is 11.0. The molecule has 5 nitrogen and oxygen atoms in total. The molecular formula is C13H23N3O2S. The van der Waals surface area contributed by atoms with Gasteiger partial charge in [-0.2, -0.15) is 16.7 Å². The van der Waals surface area contributed by atoms with Crippen molar-refractivity contribution in [1.29, 1.82) is 0 Å². The number of ether oxygens (including phenoxy) is 1. The van der Waals surface area contributed by atoms with Crippen LogP contribution in [0.2, 0.25) is 0 Å². The van der Waals surface area contributed by atoms with Gasteiger partial charge in [0.15, 0.2) is 0 Å². The van der Waals surface area contributed by atoms with Gasteiger partial charge in [0.25, 0.3) is 0 Å². The lowest BCUT2D eigenvalue weighted by molar-refractivity contribution is 0.0677. The number of rotatable bonds is 6. The minimum atomic E-state index is -0.0160. The van der Waals surface area contributed by atoms with Gasteiger partial charge in [0.2, 0.25) is 11.7 Å². The fraction of sp³-hybridized carbons (Fsp3) is 0.846. The molecule has 1 aliphatic rings. The highest BCUT2D eigenvalue weighted by atomic mass is 32.2. The number of nitrogens with zero attached hydrogens (tertiary/aromatic N) is 2. The SMILES string of the molecule is CC(C)C[C@H](CN)Cc1nc(C2CSCCO2)no1. The predicted molar refractivity (Wildman–Crippen MR) is 76.0 cm³/mol. The molecule has 2 atom stereocenters. The van der Waals surface area contributed by atoms with Gasteiger partial charge in [-0.15, -0.1) is 0 Å². The smallest absolute Gasteiger partial charge is 0.227 e. The van der Waals surface area contributed by atoms with Crippen LogP contribution in [0, 0.1) is 11.8 Å². The van der Waals surface area contributed by atoms with E-state index in [0.29, 0.717) is 30.1 Å². The maximum absolute atomic E-state index is 5.80. The van der Waals surface area contributed by atoms with Crippen molar-refractivity contribution < 1.29 is 9.26 Å². The highest BCUT2D eigenvalue weighted by molar-refractivity contribution is 7.99. The zero-order valence-electron chi connectivity index (χ0n) is 11.7. The van der Waals surface area contributed by atoms with Gasteiger partial charge >= 0.3 is 0 Å². The van der Waals surface area contributed by atoms with Crippen LogP contribution in [0.3, 0.4) is 0 Å². The average Bonchev–Trinajstić information content (AvgIpc) is 2.87. The summed E-state index contributed by atoms with van der Waals surface area (Å²) in [5, 5.41) is 4.04. The molecule has 2 rings (SSSR count). The summed E-state index contributed by atoms with van der Waals surface area (Å²) in [5.41, 5.74) is 5.80. The zero-order chi connectivity index (χ0) is 13.7. The molecule has 1 aromatic heterocycles. The van der Waals surface area contributed by atoms with Gasteiger partial charge in [-0.05, 0) is 24.8 Å². The van der Waals surface area contributed by atoms with Gasteiger partial charge in [-0.3, -0.25) is 0 Å². The van der Waals surface area contributed by atoms with Crippen LogP contribution in [0.15, 0.2) is 4.52 Å². The molecule has 19 heavy (non-hydrogen) atoms. The highest BCUT2D eigenvalue weighted by Gasteiger charge is 2.23. The number of hydrogen-bond acceptors (Lipinski definition) is 6. The van der Waals surface area contributed by atoms with E-state index >= 15 is 0 Å². The molecule has 0 bridgehead atoms. The van der Waals surface area contributed by atoms with Crippen LogP contribution in [-0.4, -0.2) is 34.8 Å². The second-order valence-electron chi connectivity index (χ2n) is 5.42. The summed E-state index contributed by atoms with van der Waals surface area (Å²) in [7, 11) is 0. The first-order valence-electron chi connectivity index (χ1n) is 6.91. The van der Waals surface area contributed by atoms with E-state index in [1.807, 2.05) is 11.8 Å². The summed E-state index contributed by atoms with van der Waals surface area (Å²) >= 11 is 1.87. The van der Waals surface area contributed by atoms with Crippen molar-refractivity contribution in [2.45, 2.75) is 32.8 Å². The fourth-order valence-electron chi connectivity index (χ4n) is 2.30. The predicted octanol–water partition coefficient (Wildman–Crippen LogP) is 2.04. The van der Waals surface area contributed by atoms with Crippen LogP contribution in [0.5, 0.6) is 0 Å². The van der Waals surface area contributed by atoms with Crippen molar-refractivity contribution in [1.82, 2.24) is 10.1 Å². The van der Waals surface area contributed by atoms with Crippen molar-refractivity contribution in [3.63, 3.8) is 0 Å². The van der Waals surface area contributed by atoms with Gasteiger partial charge in [0.1, 0.15) is 6.10 Å². The molecule has 2 heterocycles. The van der Waals surface area contributed by atoms with Crippen molar-refractivity contribution in [3.8, 4) is 0 Å². The Balaban J connectivity index is 1.92. The molecule has 108 valence electrons. The quantitative estimate of drug-likeness (QED) is 0.862. The minimum Gasteiger partial charge on any atom is -0.368 e. The largest absolute Gasteiger partial charge is 0.368 e. The average molecular weight is 285 g/mol. The first kappa shape index (κ1) is 14.8. The van der Waals surface area contributed by atoms with E-state index in [1.165, 1.54) is 0 Å². The number of nitrogens with two attached hydrogens (primary N) is 1. The molecule has 6 heteroatoms. The Labute approximate surface area is 118 Å². The first-order valence-corrected chi connectivity index (χ1v) is 8.06. The molecule has 1 aliphatic heterocycles. The lowest BCUT2D eigenvalue weighted by Gasteiger charge is -2.18. The van der Waals surface area contributed by atoms with E-state index in [2.05, 4.69) is 24.0 Å². The number of hydrogen-bond donors (Lipinski definition) is 1. The third-order valence-corrected chi connectivity index (χ3v) is 4.18. The van der Waals surface area contributed by atoms with Crippen molar-refractivity contribution >= 4 is 11.8 Å². The molecule has 0 aliphatic carbocycles. The minimum absolute atomic E-state index is 0.0160. The maximum atomic E-state index is 5.80. The summed E-state index contributed by atoms with van der Waals surface area (Å²) in [4.78, 5) is 4.46. The monoisotopic (exact) mass is 285 g/mol. The summed E-state index contributed by atoms with van der Waals surface area (Å²) in [6.45, 7) is 5.83. The molecule has 2 N–H and O–H groups in total. The molecule has 0 spiro atoms. The third kappa shape index (κ3) is 4.47. The Morgan fingerprint density at radius 2 is 2.32 bits per heavy atom. The molecule has 1 aromatic rings. The van der Waals surface area contributed by atoms with Crippen LogP contribution in [0.4, 0.5) is 0 Å². The van der Waals surface area contributed by atoms with Gasteiger partial charge in [0.05, 0.1) is 6.61 Å². The van der Waals surface area contributed by atoms with Gasteiger partial charge < -0.3 is 15.0 Å². The standard InChI is InChI=1S/C13H23N3O2S/c1-9(2)5-10(7-14)6-12-15-13(16-18-12)11-8-19-4-3-17-11/h9-11H,3-8,14H2,1-2H3/t10-,11?/m0/s1. The zero-order valence-corrected chi connectivity index (χ0v) is 12.5. The van der Waals surface area contributed by atoms with E-state index in [4.69, 9.17) is 15.0 Å². The molecule has 1 fully saturated rings. The molecule has 0 amide bonds. The topological polar surface area (TPSA) is 74.2 Å². The van der Waals surface area contributed by atoms with Crippen molar-refractivity contribution in [3.05, 3.63) is 11.7 Å². The van der Waals surface area contributed by atoms with E-state index in [0.717, 1.165) is 31.0 Å². The fourth-order valence-corrected chi connectivity index (χ4v) is 3.14. The lowest BCUT2D eigenvalue weighted by Crippen LogP contribution is -2.19. The molecule has 0 radical (unpaired) electrons. The van der Waals surface area contributed by atoms with Gasteiger partial charge in [0, 0.05) is 17.9 Å². The molecule has 1 unspecified atom stereocenters. The van der Waals surface area contributed by atoms with Crippen molar-refractivity contribution in [2.75, 3.05) is 24.7 Å². The Morgan fingerprint density at radius 3 is 2.95 bits per heavy atom. The van der Waals surface area contributed by atoms with Gasteiger partial charge in [-0.25, -0.2) is 0 Å². The number of thioether (sulfide) groups is 1. The second kappa shape index (κ2) is 7.26. The van der Waals surface area contributed by atoms with E-state index in [-0.39, 0.29) is 6.10 Å². The Morgan fingerprint density at radius 1 is 1.47 bits per heavy atom. The van der Waals surface area contributed by atoms with Crippen LogP contribution < -0.4 is 5.73 Å². The first-order chi connectivity index (χ1) is 9.19. The Hall–Kier alpha value is -0.590. The normalized spacial score (nSPS) is 21.8. The molecule has 0 aromatic carbocycles. The third-order valence-electron chi connectivity index (χ3n) is 3.19. The Kier molecular flexibility index (Phi) is 5.66. The van der Waals surface area contributed by atoms with Crippen molar-refractivity contribution in [2.24, 2.45) is 17.6 Å². The number of aromatic nitrogens is 2. The maximum Gasteiger partial charge on any atom is 0.227 e. The van der Waals surface area contributed by atoms with Crippen LogP contribution >= 0.6 is 11.8 Å².